The molecule has 0 aliphatic heterocycles. The SMILES string of the molecule is Nc1ncc(-c2cncc3ccccc23)c2ccccc12. The first-order valence-electron chi connectivity index (χ1n) is 6.81. The first-order valence-corrected chi connectivity index (χ1v) is 6.81. The Morgan fingerprint density at radius 1 is 0.667 bits per heavy atom. The Morgan fingerprint density at radius 3 is 2.19 bits per heavy atom. The Labute approximate surface area is 122 Å². The molecule has 0 saturated heterocycles. The van der Waals surface area contributed by atoms with E-state index in [2.05, 4.69) is 28.2 Å². The van der Waals surface area contributed by atoms with Gasteiger partial charge in [0, 0.05) is 40.5 Å². The molecule has 0 fully saturated rings. The Bertz CT molecular complexity index is 955. The van der Waals surface area contributed by atoms with Gasteiger partial charge in [0.1, 0.15) is 5.82 Å². The van der Waals surface area contributed by atoms with Crippen LogP contribution in [-0.4, -0.2) is 9.97 Å². The van der Waals surface area contributed by atoms with Crippen molar-refractivity contribution in [3.8, 4) is 11.1 Å². The van der Waals surface area contributed by atoms with Gasteiger partial charge in [0.15, 0.2) is 0 Å². The molecule has 100 valence electrons. The number of aromatic nitrogens is 2. The van der Waals surface area contributed by atoms with Crippen molar-refractivity contribution in [3.63, 3.8) is 0 Å². The summed E-state index contributed by atoms with van der Waals surface area (Å²) in [5.41, 5.74) is 8.13. The first-order chi connectivity index (χ1) is 10.3. The molecular weight excluding hydrogens is 258 g/mol. The second kappa shape index (κ2) is 4.56. The molecule has 2 N–H and O–H groups in total. The number of rotatable bonds is 1. The molecule has 0 saturated carbocycles. The van der Waals surface area contributed by atoms with Crippen molar-refractivity contribution < 1.29 is 0 Å². The maximum Gasteiger partial charge on any atom is 0.131 e. The number of hydrogen-bond donors (Lipinski definition) is 1. The van der Waals surface area contributed by atoms with Crippen LogP contribution in [0.15, 0.2) is 67.1 Å². The molecular formula is C18H13N3. The third kappa shape index (κ3) is 1.82. The van der Waals surface area contributed by atoms with E-state index < -0.39 is 0 Å². The average Bonchev–Trinajstić information content (AvgIpc) is 2.55. The fourth-order valence-electron chi connectivity index (χ4n) is 2.76. The Morgan fingerprint density at radius 2 is 1.33 bits per heavy atom. The van der Waals surface area contributed by atoms with Crippen LogP contribution >= 0.6 is 0 Å². The molecule has 0 amide bonds. The molecule has 2 aromatic carbocycles. The van der Waals surface area contributed by atoms with Crippen LogP contribution in [0, 0.1) is 0 Å². The van der Waals surface area contributed by atoms with Gasteiger partial charge in [-0.25, -0.2) is 4.98 Å². The van der Waals surface area contributed by atoms with E-state index in [1.165, 1.54) is 5.39 Å². The zero-order valence-electron chi connectivity index (χ0n) is 11.3. The van der Waals surface area contributed by atoms with Gasteiger partial charge >= 0.3 is 0 Å². The number of pyridine rings is 2. The van der Waals surface area contributed by atoms with Crippen molar-refractivity contribution in [1.29, 1.82) is 0 Å². The number of benzene rings is 2. The molecule has 2 aromatic heterocycles. The fourth-order valence-corrected chi connectivity index (χ4v) is 2.76. The van der Waals surface area contributed by atoms with Crippen LogP contribution in [-0.2, 0) is 0 Å². The highest BCUT2D eigenvalue weighted by molar-refractivity contribution is 6.06. The van der Waals surface area contributed by atoms with Crippen LogP contribution in [0.2, 0.25) is 0 Å². The molecule has 0 radical (unpaired) electrons. The molecule has 0 aliphatic rings. The summed E-state index contributed by atoms with van der Waals surface area (Å²) in [6.45, 7) is 0. The van der Waals surface area contributed by atoms with Gasteiger partial charge in [0.2, 0.25) is 0 Å². The van der Waals surface area contributed by atoms with Crippen LogP contribution in [0.4, 0.5) is 5.82 Å². The van der Waals surface area contributed by atoms with Gasteiger partial charge in [-0.2, -0.15) is 0 Å². The summed E-state index contributed by atoms with van der Waals surface area (Å²) >= 11 is 0. The molecule has 2 heterocycles. The van der Waals surface area contributed by atoms with Crippen LogP contribution < -0.4 is 5.73 Å². The molecule has 3 heteroatoms. The van der Waals surface area contributed by atoms with Crippen molar-refractivity contribution in [2.45, 2.75) is 0 Å². The van der Waals surface area contributed by atoms with E-state index in [0.717, 1.165) is 27.3 Å². The maximum absolute atomic E-state index is 5.99. The number of nitrogens with zero attached hydrogens (tertiary/aromatic N) is 2. The largest absolute Gasteiger partial charge is 0.383 e. The highest BCUT2D eigenvalue weighted by atomic mass is 14.8. The first kappa shape index (κ1) is 11.9. The standard InChI is InChI=1S/C18H13N3/c19-18-15-8-4-3-7-14(15)17(11-21-18)16-10-20-9-12-5-1-2-6-13(12)16/h1-11H,(H2,19,21). The van der Waals surface area contributed by atoms with Crippen molar-refractivity contribution in [2.24, 2.45) is 0 Å². The van der Waals surface area contributed by atoms with E-state index in [4.69, 9.17) is 5.73 Å². The Balaban J connectivity index is 2.13. The minimum Gasteiger partial charge on any atom is -0.383 e. The molecule has 4 aromatic rings. The van der Waals surface area contributed by atoms with Crippen molar-refractivity contribution in [3.05, 3.63) is 67.1 Å². The minimum absolute atomic E-state index is 0.558. The number of nitrogen functional groups attached to an aromatic ring is 1. The molecule has 0 bridgehead atoms. The highest BCUT2D eigenvalue weighted by Gasteiger charge is 2.10. The summed E-state index contributed by atoms with van der Waals surface area (Å²) in [5, 5.41) is 4.37. The van der Waals surface area contributed by atoms with E-state index in [1.807, 2.05) is 48.9 Å². The Hall–Kier alpha value is -2.94. The third-order valence-corrected chi connectivity index (χ3v) is 3.78. The lowest BCUT2D eigenvalue weighted by atomic mass is 9.97. The van der Waals surface area contributed by atoms with Crippen LogP contribution in [0.3, 0.4) is 0 Å². The van der Waals surface area contributed by atoms with Crippen molar-refractivity contribution >= 4 is 27.4 Å². The monoisotopic (exact) mass is 271 g/mol. The summed E-state index contributed by atoms with van der Waals surface area (Å²) in [5.74, 6) is 0.558. The van der Waals surface area contributed by atoms with Gasteiger partial charge < -0.3 is 5.73 Å². The number of nitrogens with two attached hydrogens (primary N) is 1. The van der Waals surface area contributed by atoms with Crippen molar-refractivity contribution in [2.75, 3.05) is 5.73 Å². The summed E-state index contributed by atoms with van der Waals surface area (Å²) in [6.07, 6.45) is 5.61. The second-order valence-corrected chi connectivity index (χ2v) is 5.01. The summed E-state index contributed by atoms with van der Waals surface area (Å²) < 4.78 is 0. The van der Waals surface area contributed by atoms with Gasteiger partial charge in [-0.15, -0.1) is 0 Å². The Kier molecular flexibility index (Phi) is 2.57. The van der Waals surface area contributed by atoms with E-state index in [0.29, 0.717) is 5.82 Å². The van der Waals surface area contributed by atoms with Crippen molar-refractivity contribution in [1.82, 2.24) is 9.97 Å². The molecule has 0 unspecified atom stereocenters. The van der Waals surface area contributed by atoms with Gasteiger partial charge in [-0.05, 0) is 10.8 Å². The zero-order chi connectivity index (χ0) is 14.2. The molecule has 4 rings (SSSR count). The minimum atomic E-state index is 0.558. The van der Waals surface area contributed by atoms with Gasteiger partial charge in [-0.3, -0.25) is 4.98 Å². The molecule has 21 heavy (non-hydrogen) atoms. The maximum atomic E-state index is 5.99. The highest BCUT2D eigenvalue weighted by Crippen LogP contribution is 2.33. The number of anilines is 1. The topological polar surface area (TPSA) is 51.8 Å². The van der Waals surface area contributed by atoms with Crippen LogP contribution in [0.5, 0.6) is 0 Å². The average molecular weight is 271 g/mol. The summed E-state index contributed by atoms with van der Waals surface area (Å²) in [6, 6.07) is 16.3. The summed E-state index contributed by atoms with van der Waals surface area (Å²) in [4.78, 5) is 8.70. The fraction of sp³-hybridized carbons (Fsp3) is 0. The molecule has 3 nitrogen and oxygen atoms in total. The lowest BCUT2D eigenvalue weighted by Crippen LogP contribution is -1.94. The van der Waals surface area contributed by atoms with E-state index in [1.54, 1.807) is 0 Å². The van der Waals surface area contributed by atoms with Gasteiger partial charge in [0.25, 0.3) is 0 Å². The normalized spacial score (nSPS) is 11.0. The van der Waals surface area contributed by atoms with E-state index in [9.17, 15) is 0 Å². The van der Waals surface area contributed by atoms with Gasteiger partial charge in [-0.1, -0.05) is 48.5 Å². The zero-order valence-corrected chi connectivity index (χ0v) is 11.3. The quantitative estimate of drug-likeness (QED) is 0.568. The smallest absolute Gasteiger partial charge is 0.131 e. The second-order valence-electron chi connectivity index (χ2n) is 5.01. The van der Waals surface area contributed by atoms with E-state index >= 15 is 0 Å². The van der Waals surface area contributed by atoms with Gasteiger partial charge in [0.05, 0.1) is 0 Å². The lowest BCUT2D eigenvalue weighted by molar-refractivity contribution is 1.34. The molecule has 0 aliphatic carbocycles. The molecule has 0 atom stereocenters. The number of hydrogen-bond acceptors (Lipinski definition) is 3. The van der Waals surface area contributed by atoms with Crippen LogP contribution in [0.25, 0.3) is 32.7 Å². The predicted molar refractivity (Wildman–Crippen MR) is 86.9 cm³/mol. The number of fused-ring (bicyclic) bond motifs is 2. The predicted octanol–water partition coefficient (Wildman–Crippen LogP) is 4.03. The third-order valence-electron chi connectivity index (χ3n) is 3.78. The lowest BCUT2D eigenvalue weighted by Gasteiger charge is -2.10. The molecule has 0 spiro atoms. The summed E-state index contributed by atoms with van der Waals surface area (Å²) in [7, 11) is 0. The van der Waals surface area contributed by atoms with E-state index in [-0.39, 0.29) is 0 Å². The van der Waals surface area contributed by atoms with Crippen LogP contribution in [0.1, 0.15) is 0 Å².